The summed E-state index contributed by atoms with van der Waals surface area (Å²) in [5.74, 6) is 1.86. The Hall–Kier alpha value is -2.18. The molecule has 0 aliphatic carbocycles. The van der Waals surface area contributed by atoms with Crippen molar-refractivity contribution < 1.29 is 14.3 Å². The Bertz CT molecular complexity index is 858. The Morgan fingerprint density at radius 2 is 1.77 bits per heavy atom. The van der Waals surface area contributed by atoms with Crippen LogP contribution in [0.2, 0.25) is 5.02 Å². The van der Waals surface area contributed by atoms with Crippen LogP contribution in [0.3, 0.4) is 0 Å². The van der Waals surface area contributed by atoms with E-state index in [-0.39, 0.29) is 24.1 Å². The molecular formula is C24H31ClN2O3S. The van der Waals surface area contributed by atoms with Gasteiger partial charge >= 0.3 is 0 Å². The van der Waals surface area contributed by atoms with Crippen molar-refractivity contribution in [3.63, 3.8) is 0 Å². The number of nitrogens with zero attached hydrogens (tertiary/aromatic N) is 1. The van der Waals surface area contributed by atoms with Gasteiger partial charge in [0.1, 0.15) is 11.8 Å². The van der Waals surface area contributed by atoms with Gasteiger partial charge in [-0.05, 0) is 42.2 Å². The van der Waals surface area contributed by atoms with Crippen molar-refractivity contribution in [2.24, 2.45) is 5.92 Å². The van der Waals surface area contributed by atoms with Crippen LogP contribution >= 0.6 is 23.4 Å². The average molecular weight is 463 g/mol. The van der Waals surface area contributed by atoms with Crippen molar-refractivity contribution in [2.45, 2.75) is 39.1 Å². The van der Waals surface area contributed by atoms with Gasteiger partial charge in [-0.1, -0.05) is 55.8 Å². The van der Waals surface area contributed by atoms with Gasteiger partial charge in [0.25, 0.3) is 0 Å². The fourth-order valence-corrected chi connectivity index (χ4v) is 3.97. The van der Waals surface area contributed by atoms with E-state index < -0.39 is 6.04 Å². The van der Waals surface area contributed by atoms with Gasteiger partial charge in [-0.3, -0.25) is 9.59 Å². The van der Waals surface area contributed by atoms with E-state index in [0.29, 0.717) is 23.2 Å². The fraction of sp³-hybridized carbons (Fsp3) is 0.417. The zero-order valence-corrected chi connectivity index (χ0v) is 20.1. The minimum atomic E-state index is -0.593. The molecule has 0 aromatic heterocycles. The number of carbonyl (C=O) groups excluding carboxylic acids is 2. The summed E-state index contributed by atoms with van der Waals surface area (Å²) in [6.07, 6.45) is 0. The summed E-state index contributed by atoms with van der Waals surface area (Å²) in [6, 6.07) is 14.6. The molecular weight excluding hydrogens is 432 g/mol. The minimum Gasteiger partial charge on any atom is -0.497 e. The second kappa shape index (κ2) is 12.6. The summed E-state index contributed by atoms with van der Waals surface area (Å²) in [6.45, 7) is 6.70. The third-order valence-corrected chi connectivity index (χ3v) is 6.16. The standard InChI is InChI=1S/C24H31ClN2O3S/c1-17(2)13-26-24(29)18(3)27(14-20-7-5-6-8-22(20)25)23(28)16-31-15-19-9-11-21(30-4)12-10-19/h5-12,17-18H,13-16H2,1-4H3,(H,26,29)/t18-/m1/s1. The predicted molar refractivity (Wildman–Crippen MR) is 128 cm³/mol. The molecule has 2 aromatic carbocycles. The minimum absolute atomic E-state index is 0.0920. The average Bonchev–Trinajstić information content (AvgIpc) is 2.76. The van der Waals surface area contributed by atoms with Crippen molar-refractivity contribution in [3.05, 3.63) is 64.7 Å². The van der Waals surface area contributed by atoms with Crippen molar-refractivity contribution in [1.82, 2.24) is 10.2 Å². The molecule has 5 nitrogen and oxygen atoms in total. The molecule has 0 saturated heterocycles. The highest BCUT2D eigenvalue weighted by atomic mass is 35.5. The molecule has 0 bridgehead atoms. The SMILES string of the molecule is COc1ccc(CSCC(=O)N(Cc2ccccc2Cl)[C@H](C)C(=O)NCC(C)C)cc1. The van der Waals surface area contributed by atoms with Crippen LogP contribution in [0.15, 0.2) is 48.5 Å². The summed E-state index contributed by atoms with van der Waals surface area (Å²) in [7, 11) is 1.63. The Morgan fingerprint density at radius 1 is 1.10 bits per heavy atom. The van der Waals surface area contributed by atoms with E-state index >= 15 is 0 Å². The zero-order chi connectivity index (χ0) is 22.8. The number of methoxy groups -OCH3 is 1. The molecule has 0 aliphatic heterocycles. The molecule has 1 atom stereocenters. The van der Waals surface area contributed by atoms with Crippen LogP contribution in [0.1, 0.15) is 31.9 Å². The van der Waals surface area contributed by atoms with Crippen LogP contribution in [-0.2, 0) is 21.9 Å². The molecule has 2 rings (SSSR count). The molecule has 1 N–H and O–H groups in total. The second-order valence-corrected chi connectivity index (χ2v) is 9.16. The molecule has 0 heterocycles. The van der Waals surface area contributed by atoms with Gasteiger partial charge in [-0.25, -0.2) is 0 Å². The summed E-state index contributed by atoms with van der Waals surface area (Å²) in [4.78, 5) is 27.4. The van der Waals surface area contributed by atoms with Crippen molar-refractivity contribution in [3.8, 4) is 5.75 Å². The highest BCUT2D eigenvalue weighted by Gasteiger charge is 2.26. The first-order valence-electron chi connectivity index (χ1n) is 10.3. The quantitative estimate of drug-likeness (QED) is 0.522. The Labute approximate surface area is 194 Å². The predicted octanol–water partition coefficient (Wildman–Crippen LogP) is 4.77. The van der Waals surface area contributed by atoms with Crippen molar-refractivity contribution >= 4 is 35.2 Å². The van der Waals surface area contributed by atoms with Gasteiger partial charge in [-0.15, -0.1) is 11.8 Å². The monoisotopic (exact) mass is 462 g/mol. The Kier molecular flexibility index (Phi) is 10.2. The smallest absolute Gasteiger partial charge is 0.242 e. The summed E-state index contributed by atoms with van der Waals surface area (Å²) in [5, 5.41) is 3.51. The highest BCUT2D eigenvalue weighted by Crippen LogP contribution is 2.21. The van der Waals surface area contributed by atoms with Crippen LogP contribution in [0, 0.1) is 5.92 Å². The molecule has 168 valence electrons. The van der Waals surface area contributed by atoms with E-state index in [1.54, 1.807) is 25.0 Å². The number of benzene rings is 2. The van der Waals surface area contributed by atoms with Gasteiger partial charge in [-0.2, -0.15) is 0 Å². The lowest BCUT2D eigenvalue weighted by Crippen LogP contribution is -2.48. The van der Waals surface area contributed by atoms with Gasteiger partial charge in [0.15, 0.2) is 0 Å². The van der Waals surface area contributed by atoms with Gasteiger partial charge in [0.05, 0.1) is 12.9 Å². The number of thioether (sulfide) groups is 1. The topological polar surface area (TPSA) is 58.6 Å². The largest absolute Gasteiger partial charge is 0.497 e. The van der Waals surface area contributed by atoms with Gasteiger partial charge in [0.2, 0.25) is 11.8 Å². The van der Waals surface area contributed by atoms with Crippen molar-refractivity contribution in [1.29, 1.82) is 0 Å². The number of carbonyl (C=O) groups is 2. The van der Waals surface area contributed by atoms with Crippen LogP contribution in [0.25, 0.3) is 0 Å². The van der Waals surface area contributed by atoms with E-state index in [1.165, 1.54) is 11.8 Å². The van der Waals surface area contributed by atoms with Crippen LogP contribution in [0.4, 0.5) is 0 Å². The Morgan fingerprint density at radius 3 is 2.39 bits per heavy atom. The molecule has 0 spiro atoms. The molecule has 7 heteroatoms. The van der Waals surface area contributed by atoms with E-state index in [0.717, 1.165) is 16.9 Å². The second-order valence-electron chi connectivity index (χ2n) is 7.77. The highest BCUT2D eigenvalue weighted by molar-refractivity contribution is 7.99. The number of hydrogen-bond acceptors (Lipinski definition) is 4. The maximum atomic E-state index is 13.1. The lowest BCUT2D eigenvalue weighted by molar-refractivity contribution is -0.138. The van der Waals surface area contributed by atoms with E-state index in [4.69, 9.17) is 16.3 Å². The number of amides is 2. The molecule has 0 fully saturated rings. The molecule has 2 aromatic rings. The summed E-state index contributed by atoms with van der Waals surface area (Å²) < 4.78 is 5.18. The summed E-state index contributed by atoms with van der Waals surface area (Å²) >= 11 is 7.84. The normalized spacial score (nSPS) is 11.8. The van der Waals surface area contributed by atoms with E-state index in [1.807, 2.05) is 56.3 Å². The molecule has 2 amide bonds. The first-order valence-corrected chi connectivity index (χ1v) is 11.9. The number of nitrogens with one attached hydrogen (secondary N) is 1. The third-order valence-electron chi connectivity index (χ3n) is 4.80. The summed E-state index contributed by atoms with van der Waals surface area (Å²) in [5.41, 5.74) is 1.93. The first kappa shape index (κ1) is 25.1. The van der Waals surface area contributed by atoms with Crippen LogP contribution in [-0.4, -0.2) is 42.2 Å². The molecule has 0 aliphatic rings. The Balaban J connectivity index is 2.05. The molecule has 0 saturated carbocycles. The molecule has 0 unspecified atom stereocenters. The maximum absolute atomic E-state index is 13.1. The first-order chi connectivity index (χ1) is 14.8. The van der Waals surface area contributed by atoms with E-state index in [2.05, 4.69) is 5.32 Å². The number of hydrogen-bond donors (Lipinski definition) is 1. The number of halogens is 1. The number of ether oxygens (including phenoxy) is 1. The number of rotatable bonds is 11. The third kappa shape index (κ3) is 8.11. The van der Waals surface area contributed by atoms with Crippen LogP contribution in [0.5, 0.6) is 5.75 Å². The zero-order valence-electron chi connectivity index (χ0n) is 18.6. The lowest BCUT2D eigenvalue weighted by atomic mass is 10.1. The molecule has 0 radical (unpaired) electrons. The van der Waals surface area contributed by atoms with Crippen molar-refractivity contribution in [2.75, 3.05) is 19.4 Å². The maximum Gasteiger partial charge on any atom is 0.242 e. The van der Waals surface area contributed by atoms with Crippen LogP contribution < -0.4 is 10.1 Å². The van der Waals surface area contributed by atoms with Gasteiger partial charge in [0, 0.05) is 23.9 Å². The van der Waals surface area contributed by atoms with E-state index in [9.17, 15) is 9.59 Å². The fourth-order valence-electron chi connectivity index (χ4n) is 2.91. The lowest BCUT2D eigenvalue weighted by Gasteiger charge is -2.29. The van der Waals surface area contributed by atoms with Gasteiger partial charge < -0.3 is 15.0 Å². The molecule has 31 heavy (non-hydrogen) atoms.